The summed E-state index contributed by atoms with van der Waals surface area (Å²) >= 11 is 0. The molecule has 3 rings (SSSR count). The summed E-state index contributed by atoms with van der Waals surface area (Å²) < 4.78 is 0. The van der Waals surface area contributed by atoms with Gasteiger partial charge in [0.1, 0.15) is 0 Å². The lowest BCUT2D eigenvalue weighted by molar-refractivity contribution is 0.105. The van der Waals surface area contributed by atoms with Gasteiger partial charge in [-0.1, -0.05) is 6.92 Å². The van der Waals surface area contributed by atoms with Crippen molar-refractivity contribution in [3.63, 3.8) is 0 Å². The van der Waals surface area contributed by atoms with Gasteiger partial charge in [-0.15, -0.1) is 0 Å². The molecule has 0 aromatic carbocycles. The first-order valence-electron chi connectivity index (χ1n) is 7.13. The van der Waals surface area contributed by atoms with Crippen molar-refractivity contribution < 1.29 is 0 Å². The fourth-order valence-corrected chi connectivity index (χ4v) is 3.50. The van der Waals surface area contributed by atoms with Gasteiger partial charge in [0.2, 0.25) is 0 Å². The van der Waals surface area contributed by atoms with Crippen LogP contribution < -0.4 is 5.32 Å². The molecule has 1 heterocycles. The molecular formula is C14H26N2. The standard InChI is InChI=1S/C14H26N2/c1-3-14(6-7-14)11-16-9-8-15-13(2,10-16)12-4-5-12/h12,15H,3-11H2,1-2H3. The van der Waals surface area contributed by atoms with Gasteiger partial charge >= 0.3 is 0 Å². The SMILES string of the molecule is CCC1(CN2CCNC(C)(C3CC3)C2)CC1. The number of rotatable bonds is 4. The van der Waals surface area contributed by atoms with Gasteiger partial charge in [-0.3, -0.25) is 4.90 Å². The maximum Gasteiger partial charge on any atom is 0.0309 e. The molecule has 2 saturated carbocycles. The Morgan fingerprint density at radius 2 is 2.06 bits per heavy atom. The maximum atomic E-state index is 3.77. The van der Waals surface area contributed by atoms with Crippen LogP contribution in [0.25, 0.3) is 0 Å². The Hall–Kier alpha value is -0.0800. The lowest BCUT2D eigenvalue weighted by Crippen LogP contribution is -2.60. The fraction of sp³-hybridized carbons (Fsp3) is 1.00. The molecule has 0 spiro atoms. The van der Waals surface area contributed by atoms with Crippen molar-refractivity contribution >= 4 is 0 Å². The van der Waals surface area contributed by atoms with Gasteiger partial charge in [0.15, 0.2) is 0 Å². The third kappa shape index (κ3) is 2.02. The topological polar surface area (TPSA) is 15.3 Å². The van der Waals surface area contributed by atoms with Crippen LogP contribution in [0.4, 0.5) is 0 Å². The van der Waals surface area contributed by atoms with Crippen molar-refractivity contribution in [3.8, 4) is 0 Å². The van der Waals surface area contributed by atoms with Crippen LogP contribution in [0, 0.1) is 11.3 Å². The number of nitrogens with zero attached hydrogens (tertiary/aromatic N) is 1. The van der Waals surface area contributed by atoms with E-state index in [0.717, 1.165) is 11.3 Å². The van der Waals surface area contributed by atoms with Crippen molar-refractivity contribution in [1.29, 1.82) is 0 Å². The van der Waals surface area contributed by atoms with E-state index in [2.05, 4.69) is 24.1 Å². The summed E-state index contributed by atoms with van der Waals surface area (Å²) in [5.74, 6) is 0.965. The third-order valence-corrected chi connectivity index (χ3v) is 5.25. The van der Waals surface area contributed by atoms with Gasteiger partial charge in [-0.2, -0.15) is 0 Å². The second-order valence-electron chi connectivity index (χ2n) is 6.68. The van der Waals surface area contributed by atoms with E-state index in [0.29, 0.717) is 5.54 Å². The average molecular weight is 222 g/mol. The van der Waals surface area contributed by atoms with Gasteiger partial charge in [0.05, 0.1) is 0 Å². The van der Waals surface area contributed by atoms with Crippen LogP contribution in [0.3, 0.4) is 0 Å². The monoisotopic (exact) mass is 222 g/mol. The second-order valence-corrected chi connectivity index (χ2v) is 6.68. The fourth-order valence-electron chi connectivity index (χ4n) is 3.50. The Bertz CT molecular complexity index is 268. The van der Waals surface area contributed by atoms with E-state index in [-0.39, 0.29) is 0 Å². The molecule has 1 unspecified atom stereocenters. The Kier molecular flexibility index (Phi) is 2.56. The predicted molar refractivity (Wildman–Crippen MR) is 67.5 cm³/mol. The highest BCUT2D eigenvalue weighted by atomic mass is 15.2. The zero-order chi connectivity index (χ0) is 11.2. The zero-order valence-electron chi connectivity index (χ0n) is 10.9. The minimum atomic E-state index is 0.433. The van der Waals surface area contributed by atoms with Crippen LogP contribution in [-0.4, -0.2) is 36.6 Å². The Morgan fingerprint density at radius 3 is 2.62 bits per heavy atom. The lowest BCUT2D eigenvalue weighted by Gasteiger charge is -2.43. The Morgan fingerprint density at radius 1 is 1.31 bits per heavy atom. The molecule has 0 aromatic rings. The van der Waals surface area contributed by atoms with Crippen molar-refractivity contribution in [2.45, 2.75) is 51.5 Å². The van der Waals surface area contributed by atoms with Gasteiger partial charge in [-0.25, -0.2) is 0 Å². The van der Waals surface area contributed by atoms with Crippen LogP contribution in [0.15, 0.2) is 0 Å². The van der Waals surface area contributed by atoms with Crippen LogP contribution in [0.1, 0.15) is 46.0 Å². The van der Waals surface area contributed by atoms with E-state index in [1.165, 1.54) is 58.3 Å². The smallest absolute Gasteiger partial charge is 0.0309 e. The summed E-state index contributed by atoms with van der Waals surface area (Å²) in [6.07, 6.45) is 7.25. The molecule has 2 nitrogen and oxygen atoms in total. The van der Waals surface area contributed by atoms with Crippen LogP contribution in [0.2, 0.25) is 0 Å². The third-order valence-electron chi connectivity index (χ3n) is 5.25. The summed E-state index contributed by atoms with van der Waals surface area (Å²) in [4.78, 5) is 2.74. The maximum absolute atomic E-state index is 3.77. The highest BCUT2D eigenvalue weighted by Gasteiger charge is 2.47. The molecule has 0 radical (unpaired) electrons. The van der Waals surface area contributed by atoms with Crippen molar-refractivity contribution in [1.82, 2.24) is 10.2 Å². The molecule has 16 heavy (non-hydrogen) atoms. The largest absolute Gasteiger partial charge is 0.309 e. The molecule has 0 bridgehead atoms. The van der Waals surface area contributed by atoms with E-state index in [1.807, 2.05) is 0 Å². The highest BCUT2D eigenvalue weighted by molar-refractivity contribution is 5.04. The summed E-state index contributed by atoms with van der Waals surface area (Å²) in [5.41, 5.74) is 1.16. The molecule has 0 aromatic heterocycles. The number of nitrogens with one attached hydrogen (secondary N) is 1. The summed E-state index contributed by atoms with van der Waals surface area (Å²) in [6.45, 7) is 9.95. The summed E-state index contributed by atoms with van der Waals surface area (Å²) in [6, 6.07) is 0. The van der Waals surface area contributed by atoms with Crippen LogP contribution in [0.5, 0.6) is 0 Å². The highest BCUT2D eigenvalue weighted by Crippen LogP contribution is 2.50. The predicted octanol–water partition coefficient (Wildman–Crippen LogP) is 2.25. The Labute approximate surface area is 99.8 Å². The summed E-state index contributed by atoms with van der Waals surface area (Å²) in [7, 11) is 0. The van der Waals surface area contributed by atoms with E-state index < -0.39 is 0 Å². The van der Waals surface area contributed by atoms with Gasteiger partial charge in [0.25, 0.3) is 0 Å². The number of hydrogen-bond donors (Lipinski definition) is 1. The Balaban J connectivity index is 1.59. The molecule has 3 aliphatic rings. The molecule has 2 heteroatoms. The van der Waals surface area contributed by atoms with Gasteiger partial charge in [0, 0.05) is 31.7 Å². The normalized spacial score (nSPS) is 38.6. The first kappa shape index (κ1) is 11.0. The van der Waals surface area contributed by atoms with Crippen LogP contribution >= 0.6 is 0 Å². The minimum absolute atomic E-state index is 0.433. The molecule has 1 aliphatic heterocycles. The molecule has 1 atom stereocenters. The molecule has 1 saturated heterocycles. The quantitative estimate of drug-likeness (QED) is 0.785. The second kappa shape index (κ2) is 3.71. The molecule has 0 amide bonds. The first-order chi connectivity index (χ1) is 7.66. The molecule has 1 N–H and O–H groups in total. The number of piperazine rings is 1. The van der Waals surface area contributed by atoms with Gasteiger partial charge in [-0.05, 0) is 50.4 Å². The van der Waals surface area contributed by atoms with Crippen molar-refractivity contribution in [3.05, 3.63) is 0 Å². The summed E-state index contributed by atoms with van der Waals surface area (Å²) in [5, 5.41) is 3.77. The lowest BCUT2D eigenvalue weighted by atomic mass is 9.91. The number of hydrogen-bond acceptors (Lipinski definition) is 2. The molecular weight excluding hydrogens is 196 g/mol. The van der Waals surface area contributed by atoms with Gasteiger partial charge < -0.3 is 5.32 Å². The van der Waals surface area contributed by atoms with E-state index in [4.69, 9.17) is 0 Å². The van der Waals surface area contributed by atoms with E-state index >= 15 is 0 Å². The van der Waals surface area contributed by atoms with Crippen molar-refractivity contribution in [2.75, 3.05) is 26.2 Å². The van der Waals surface area contributed by atoms with E-state index in [9.17, 15) is 0 Å². The first-order valence-corrected chi connectivity index (χ1v) is 7.13. The average Bonchev–Trinajstić information content (AvgIpc) is 3.14. The van der Waals surface area contributed by atoms with Crippen LogP contribution in [-0.2, 0) is 0 Å². The molecule has 92 valence electrons. The molecule has 2 aliphatic carbocycles. The zero-order valence-corrected chi connectivity index (χ0v) is 10.9. The minimum Gasteiger partial charge on any atom is -0.309 e. The van der Waals surface area contributed by atoms with Crippen molar-refractivity contribution in [2.24, 2.45) is 11.3 Å². The molecule has 3 fully saturated rings. The van der Waals surface area contributed by atoms with E-state index in [1.54, 1.807) is 0 Å².